The van der Waals surface area contributed by atoms with Gasteiger partial charge < -0.3 is 15.2 Å². The van der Waals surface area contributed by atoms with Crippen LogP contribution < -0.4 is 10.6 Å². The molecule has 8 heteroatoms. The van der Waals surface area contributed by atoms with E-state index in [9.17, 15) is 4.79 Å². The van der Waals surface area contributed by atoms with E-state index >= 15 is 0 Å². The lowest BCUT2D eigenvalue weighted by atomic mass is 10.1. The van der Waals surface area contributed by atoms with Gasteiger partial charge in [0.05, 0.1) is 5.39 Å². The lowest BCUT2D eigenvalue weighted by Gasteiger charge is -2.18. The highest BCUT2D eigenvalue weighted by Gasteiger charge is 2.30. The number of nitrogen functional groups attached to an aromatic ring is 1. The number of benzene rings is 1. The van der Waals surface area contributed by atoms with E-state index < -0.39 is 0 Å². The third-order valence-corrected chi connectivity index (χ3v) is 5.43. The molecule has 0 bridgehead atoms. The summed E-state index contributed by atoms with van der Waals surface area (Å²) in [7, 11) is 1.92. The van der Waals surface area contributed by atoms with Gasteiger partial charge in [-0.15, -0.1) is 0 Å². The molecular weight excluding hydrogens is 378 g/mol. The zero-order valence-corrected chi connectivity index (χ0v) is 16.6. The zero-order chi connectivity index (χ0) is 20.7. The Hall–Kier alpha value is -3.94. The van der Waals surface area contributed by atoms with Crippen LogP contribution in [0.5, 0.6) is 0 Å². The smallest absolute Gasteiger partial charge is 0.326 e. The number of rotatable bonds is 4. The van der Waals surface area contributed by atoms with E-state index in [1.54, 1.807) is 11.1 Å². The number of hydrogen-bond donors (Lipinski definition) is 1. The molecule has 0 saturated carbocycles. The molecule has 5 rings (SSSR count). The Morgan fingerprint density at radius 2 is 1.87 bits per heavy atom. The van der Waals surface area contributed by atoms with Gasteiger partial charge in [-0.05, 0) is 17.7 Å². The number of hydrogen-bond acceptors (Lipinski definition) is 5. The largest absolute Gasteiger partial charge is 0.383 e. The van der Waals surface area contributed by atoms with Crippen LogP contribution >= 0.6 is 0 Å². The quantitative estimate of drug-likeness (QED) is 0.569. The van der Waals surface area contributed by atoms with Gasteiger partial charge in [-0.25, -0.2) is 19.7 Å². The molecule has 1 aromatic carbocycles. The number of aryl methyl sites for hydroxylation is 1. The van der Waals surface area contributed by atoms with E-state index in [0.717, 1.165) is 27.7 Å². The van der Waals surface area contributed by atoms with Crippen molar-refractivity contribution in [3.8, 4) is 11.1 Å². The van der Waals surface area contributed by atoms with Crippen LogP contribution in [0.15, 0.2) is 61.2 Å². The van der Waals surface area contributed by atoms with Gasteiger partial charge in [0, 0.05) is 50.2 Å². The molecule has 4 heterocycles. The second-order valence-electron chi connectivity index (χ2n) is 7.36. The molecule has 0 spiro atoms. The van der Waals surface area contributed by atoms with Crippen molar-refractivity contribution in [3.63, 3.8) is 0 Å². The van der Waals surface area contributed by atoms with Crippen molar-refractivity contribution in [2.75, 3.05) is 23.7 Å². The van der Waals surface area contributed by atoms with Crippen molar-refractivity contribution in [3.05, 3.63) is 66.7 Å². The van der Waals surface area contributed by atoms with Crippen LogP contribution in [0.4, 0.5) is 16.4 Å². The van der Waals surface area contributed by atoms with Gasteiger partial charge in [-0.2, -0.15) is 0 Å². The number of nitrogens with zero attached hydrogens (tertiary/aromatic N) is 6. The highest BCUT2D eigenvalue weighted by molar-refractivity contribution is 6.00. The zero-order valence-electron chi connectivity index (χ0n) is 16.6. The van der Waals surface area contributed by atoms with Crippen molar-refractivity contribution >= 4 is 28.7 Å². The SMILES string of the molecule is Cn1cc(-c2ccc(N3CCN(Cc4ccccc4)C3=O)nc2)c2c(N)ncnc21. The van der Waals surface area contributed by atoms with E-state index in [4.69, 9.17) is 5.73 Å². The van der Waals surface area contributed by atoms with Crippen LogP contribution in [0.2, 0.25) is 0 Å². The normalized spacial score (nSPS) is 14.1. The molecule has 2 amide bonds. The summed E-state index contributed by atoms with van der Waals surface area (Å²) in [6.45, 7) is 1.89. The standard InChI is InChI=1S/C22H21N7O/c1-27-13-17(19-20(23)25-14-26-21(19)27)16-7-8-18(24-11-16)29-10-9-28(22(29)30)12-15-5-3-2-4-6-15/h2-8,11,13-14H,9-10,12H2,1H3,(H2,23,25,26). The minimum absolute atomic E-state index is 0.0260. The maximum Gasteiger partial charge on any atom is 0.326 e. The molecular formula is C22H21N7O. The molecule has 8 nitrogen and oxygen atoms in total. The fraction of sp³-hybridized carbons (Fsp3) is 0.182. The Bertz CT molecular complexity index is 1220. The average Bonchev–Trinajstić information content (AvgIpc) is 3.30. The molecule has 0 aliphatic carbocycles. The number of aromatic nitrogens is 4. The summed E-state index contributed by atoms with van der Waals surface area (Å²) in [5.74, 6) is 1.08. The molecule has 4 aromatic rings. The first-order valence-electron chi connectivity index (χ1n) is 9.74. The number of pyridine rings is 1. The number of carbonyl (C=O) groups excluding carboxylic acids is 1. The summed E-state index contributed by atoms with van der Waals surface area (Å²) in [4.78, 5) is 29.4. The lowest BCUT2D eigenvalue weighted by molar-refractivity contribution is 0.218. The molecule has 150 valence electrons. The average molecular weight is 399 g/mol. The second-order valence-corrected chi connectivity index (χ2v) is 7.36. The molecule has 0 radical (unpaired) electrons. The molecule has 3 aromatic heterocycles. The van der Waals surface area contributed by atoms with Crippen molar-refractivity contribution in [1.82, 2.24) is 24.4 Å². The van der Waals surface area contributed by atoms with Crippen LogP contribution in [0, 0.1) is 0 Å². The molecule has 0 unspecified atom stereocenters. The van der Waals surface area contributed by atoms with Crippen molar-refractivity contribution in [1.29, 1.82) is 0 Å². The number of anilines is 2. The van der Waals surface area contributed by atoms with Crippen LogP contribution in [0.1, 0.15) is 5.56 Å². The van der Waals surface area contributed by atoms with Gasteiger partial charge in [0.25, 0.3) is 0 Å². The number of fused-ring (bicyclic) bond motifs is 1. The van der Waals surface area contributed by atoms with Gasteiger partial charge in [0.2, 0.25) is 0 Å². The van der Waals surface area contributed by atoms with Crippen molar-refractivity contribution in [2.45, 2.75) is 6.54 Å². The maximum atomic E-state index is 12.9. The van der Waals surface area contributed by atoms with Crippen molar-refractivity contribution in [2.24, 2.45) is 7.05 Å². The predicted octanol–water partition coefficient (Wildman–Crippen LogP) is 3.05. The fourth-order valence-electron chi connectivity index (χ4n) is 3.90. The van der Waals surface area contributed by atoms with Gasteiger partial charge in [-0.1, -0.05) is 30.3 Å². The van der Waals surface area contributed by atoms with Gasteiger partial charge in [-0.3, -0.25) is 4.90 Å². The molecule has 1 aliphatic rings. The number of nitrogens with two attached hydrogens (primary N) is 1. The van der Waals surface area contributed by atoms with Crippen LogP contribution in [0.3, 0.4) is 0 Å². The summed E-state index contributed by atoms with van der Waals surface area (Å²) in [5, 5.41) is 0.806. The monoisotopic (exact) mass is 399 g/mol. The number of urea groups is 1. The van der Waals surface area contributed by atoms with Gasteiger partial charge >= 0.3 is 6.03 Å². The third kappa shape index (κ3) is 3.02. The van der Waals surface area contributed by atoms with Gasteiger partial charge in [0.15, 0.2) is 0 Å². The highest BCUT2D eigenvalue weighted by atomic mass is 16.2. The molecule has 1 saturated heterocycles. The van der Waals surface area contributed by atoms with E-state index in [-0.39, 0.29) is 6.03 Å². The van der Waals surface area contributed by atoms with Crippen LogP contribution in [-0.2, 0) is 13.6 Å². The lowest BCUT2D eigenvalue weighted by Crippen LogP contribution is -2.31. The maximum absolute atomic E-state index is 12.9. The molecule has 1 fully saturated rings. The summed E-state index contributed by atoms with van der Waals surface area (Å²) >= 11 is 0. The summed E-state index contributed by atoms with van der Waals surface area (Å²) in [5.41, 5.74) is 9.80. The Labute approximate surface area is 173 Å². The van der Waals surface area contributed by atoms with E-state index in [1.807, 2.05) is 65.2 Å². The van der Waals surface area contributed by atoms with Crippen LogP contribution in [-0.4, -0.2) is 43.5 Å². The minimum Gasteiger partial charge on any atom is -0.383 e. The Morgan fingerprint density at radius 3 is 2.63 bits per heavy atom. The Kier molecular flexibility index (Phi) is 4.31. The van der Waals surface area contributed by atoms with E-state index in [0.29, 0.717) is 31.3 Å². The Balaban J connectivity index is 1.39. The predicted molar refractivity (Wildman–Crippen MR) is 116 cm³/mol. The summed E-state index contributed by atoms with van der Waals surface area (Å²) in [6.07, 6.45) is 5.20. The topological polar surface area (TPSA) is 93.2 Å². The summed E-state index contributed by atoms with van der Waals surface area (Å²) < 4.78 is 1.92. The highest BCUT2D eigenvalue weighted by Crippen LogP contribution is 2.32. The molecule has 0 atom stereocenters. The first-order valence-corrected chi connectivity index (χ1v) is 9.74. The first kappa shape index (κ1) is 18.1. The van der Waals surface area contributed by atoms with E-state index in [1.165, 1.54) is 6.33 Å². The first-order chi connectivity index (χ1) is 14.6. The van der Waals surface area contributed by atoms with Crippen LogP contribution in [0.25, 0.3) is 22.2 Å². The van der Waals surface area contributed by atoms with Gasteiger partial charge in [0.1, 0.15) is 23.6 Å². The number of amides is 2. The van der Waals surface area contributed by atoms with E-state index in [2.05, 4.69) is 15.0 Å². The third-order valence-electron chi connectivity index (χ3n) is 5.43. The van der Waals surface area contributed by atoms with Crippen molar-refractivity contribution < 1.29 is 4.79 Å². The second kappa shape index (κ2) is 7.14. The fourth-order valence-corrected chi connectivity index (χ4v) is 3.90. The molecule has 2 N–H and O–H groups in total. The minimum atomic E-state index is -0.0260. The molecule has 30 heavy (non-hydrogen) atoms. The molecule has 1 aliphatic heterocycles. The Morgan fingerprint density at radius 1 is 1.03 bits per heavy atom. The summed E-state index contributed by atoms with van der Waals surface area (Å²) in [6, 6.07) is 13.8. The number of carbonyl (C=O) groups is 1.